The summed E-state index contributed by atoms with van der Waals surface area (Å²) in [5.74, 6) is -0.279. The lowest BCUT2D eigenvalue weighted by Gasteiger charge is -2.14. The highest BCUT2D eigenvalue weighted by atomic mass is 16.5. The summed E-state index contributed by atoms with van der Waals surface area (Å²) in [6.45, 7) is 8.11. The van der Waals surface area contributed by atoms with Gasteiger partial charge in [0.1, 0.15) is 5.56 Å². The van der Waals surface area contributed by atoms with Crippen molar-refractivity contribution < 1.29 is 19.4 Å². The van der Waals surface area contributed by atoms with E-state index < -0.39 is 12.1 Å². The third kappa shape index (κ3) is 5.40. The zero-order valence-corrected chi connectivity index (χ0v) is 16.2. The highest BCUT2D eigenvalue weighted by molar-refractivity contribution is 5.94. The fourth-order valence-corrected chi connectivity index (χ4v) is 2.77. The second-order valence-corrected chi connectivity index (χ2v) is 6.82. The second kappa shape index (κ2) is 9.32. The first-order chi connectivity index (χ1) is 12.8. The van der Waals surface area contributed by atoms with E-state index in [1.54, 1.807) is 42.8 Å². The highest BCUT2D eigenvalue weighted by Gasteiger charge is 2.16. The molecule has 1 aromatic heterocycles. The van der Waals surface area contributed by atoms with E-state index in [9.17, 15) is 14.7 Å². The number of nitrogens with zero attached hydrogens (tertiary/aromatic N) is 2. The molecule has 2 N–H and O–H groups in total. The highest BCUT2D eigenvalue weighted by Crippen LogP contribution is 2.16. The zero-order chi connectivity index (χ0) is 20.0. The minimum absolute atomic E-state index is 0.222. The van der Waals surface area contributed by atoms with Gasteiger partial charge in [-0.25, -0.2) is 9.48 Å². The van der Waals surface area contributed by atoms with E-state index in [2.05, 4.69) is 10.4 Å². The average molecular weight is 373 g/mol. The number of carbonyl (C=O) groups is 2. The number of esters is 1. The molecule has 0 aliphatic rings. The normalized spacial score (nSPS) is 12.1. The van der Waals surface area contributed by atoms with Gasteiger partial charge in [-0.3, -0.25) is 4.79 Å². The number of aliphatic hydroxyl groups is 1. The van der Waals surface area contributed by atoms with E-state index in [0.717, 1.165) is 5.69 Å². The van der Waals surface area contributed by atoms with E-state index in [1.165, 1.54) is 6.20 Å². The van der Waals surface area contributed by atoms with Crippen LogP contribution in [0.4, 0.5) is 0 Å². The standard InChI is InChI=1S/C20H27N3O4/c1-5-27-20(26)18-12-22-23(14(18)4)16-8-6-15(7-9-16)19(25)21-11-17(24)10-13(2)3/h6-9,12-13,17,24H,5,10-11H2,1-4H3,(H,21,25). The van der Waals surface area contributed by atoms with Crippen LogP contribution in [-0.2, 0) is 4.74 Å². The van der Waals surface area contributed by atoms with Crippen LogP contribution >= 0.6 is 0 Å². The number of aliphatic hydroxyl groups excluding tert-OH is 1. The summed E-state index contributed by atoms with van der Waals surface area (Å²) in [6, 6.07) is 6.89. The molecule has 0 bridgehead atoms. The van der Waals surface area contributed by atoms with Crippen LogP contribution in [0.5, 0.6) is 0 Å². The van der Waals surface area contributed by atoms with Gasteiger partial charge < -0.3 is 15.2 Å². The molecule has 0 fully saturated rings. The quantitative estimate of drug-likeness (QED) is 0.694. The first-order valence-electron chi connectivity index (χ1n) is 9.11. The Bertz CT molecular complexity index is 781. The van der Waals surface area contributed by atoms with Crippen LogP contribution in [0, 0.1) is 12.8 Å². The van der Waals surface area contributed by atoms with E-state index in [1.807, 2.05) is 13.8 Å². The van der Waals surface area contributed by atoms with Gasteiger partial charge in [0, 0.05) is 12.1 Å². The zero-order valence-electron chi connectivity index (χ0n) is 16.2. The van der Waals surface area contributed by atoms with Crippen molar-refractivity contribution in [2.24, 2.45) is 5.92 Å². The number of aromatic nitrogens is 2. The van der Waals surface area contributed by atoms with Crippen molar-refractivity contribution in [3.05, 3.63) is 47.3 Å². The molecule has 27 heavy (non-hydrogen) atoms. The fourth-order valence-electron chi connectivity index (χ4n) is 2.77. The van der Waals surface area contributed by atoms with Gasteiger partial charge in [0.05, 0.1) is 30.3 Å². The molecule has 0 spiro atoms. The van der Waals surface area contributed by atoms with Gasteiger partial charge in [-0.2, -0.15) is 5.10 Å². The molecular weight excluding hydrogens is 346 g/mol. The molecule has 0 saturated carbocycles. The molecule has 0 aliphatic carbocycles. The SMILES string of the molecule is CCOC(=O)c1cnn(-c2ccc(C(=O)NCC(O)CC(C)C)cc2)c1C. The number of rotatable bonds is 8. The van der Waals surface area contributed by atoms with Crippen molar-refractivity contribution in [1.29, 1.82) is 0 Å². The lowest BCUT2D eigenvalue weighted by Crippen LogP contribution is -2.32. The third-order valence-electron chi connectivity index (χ3n) is 4.12. The summed E-state index contributed by atoms with van der Waals surface area (Å²) in [5, 5.41) is 16.8. The third-order valence-corrected chi connectivity index (χ3v) is 4.12. The topological polar surface area (TPSA) is 93.5 Å². The largest absolute Gasteiger partial charge is 0.462 e. The summed E-state index contributed by atoms with van der Waals surface area (Å²) in [4.78, 5) is 24.1. The van der Waals surface area contributed by atoms with Crippen molar-refractivity contribution in [1.82, 2.24) is 15.1 Å². The van der Waals surface area contributed by atoms with Crippen molar-refractivity contribution in [3.63, 3.8) is 0 Å². The van der Waals surface area contributed by atoms with Gasteiger partial charge in [0.15, 0.2) is 0 Å². The summed E-state index contributed by atoms with van der Waals surface area (Å²) in [5.41, 5.74) is 2.31. The molecule has 0 saturated heterocycles. The van der Waals surface area contributed by atoms with E-state index in [0.29, 0.717) is 35.8 Å². The Morgan fingerprint density at radius 3 is 2.52 bits per heavy atom. The van der Waals surface area contributed by atoms with Crippen molar-refractivity contribution in [2.75, 3.05) is 13.2 Å². The molecule has 2 aromatic rings. The van der Waals surface area contributed by atoms with Crippen LogP contribution in [0.3, 0.4) is 0 Å². The summed E-state index contributed by atoms with van der Waals surface area (Å²) >= 11 is 0. The smallest absolute Gasteiger partial charge is 0.341 e. The minimum Gasteiger partial charge on any atom is -0.462 e. The number of hydrogen-bond acceptors (Lipinski definition) is 5. The van der Waals surface area contributed by atoms with E-state index >= 15 is 0 Å². The number of benzene rings is 1. The Kier molecular flexibility index (Phi) is 7.12. The second-order valence-electron chi connectivity index (χ2n) is 6.82. The van der Waals surface area contributed by atoms with Gasteiger partial charge in [-0.05, 0) is 50.5 Å². The maximum absolute atomic E-state index is 12.2. The molecule has 0 aliphatic heterocycles. The Morgan fingerprint density at radius 1 is 1.26 bits per heavy atom. The minimum atomic E-state index is -0.554. The maximum atomic E-state index is 12.2. The number of nitrogens with one attached hydrogen (secondary N) is 1. The van der Waals surface area contributed by atoms with Crippen LogP contribution in [0.15, 0.2) is 30.5 Å². The molecule has 1 unspecified atom stereocenters. The molecule has 1 amide bonds. The number of hydrogen-bond donors (Lipinski definition) is 2. The molecule has 2 rings (SSSR count). The maximum Gasteiger partial charge on any atom is 0.341 e. The lowest BCUT2D eigenvalue weighted by atomic mass is 10.1. The molecule has 7 nitrogen and oxygen atoms in total. The van der Waals surface area contributed by atoms with E-state index in [4.69, 9.17) is 4.74 Å². The number of carbonyl (C=O) groups excluding carboxylic acids is 2. The Morgan fingerprint density at radius 2 is 1.93 bits per heavy atom. The van der Waals surface area contributed by atoms with Crippen LogP contribution in [0.2, 0.25) is 0 Å². The number of ether oxygens (including phenoxy) is 1. The van der Waals surface area contributed by atoms with E-state index in [-0.39, 0.29) is 12.5 Å². The lowest BCUT2D eigenvalue weighted by molar-refractivity contribution is 0.0525. The molecule has 1 aromatic carbocycles. The number of amides is 1. The Labute approximate surface area is 159 Å². The Hall–Kier alpha value is -2.67. The predicted molar refractivity (Wildman–Crippen MR) is 102 cm³/mol. The van der Waals surface area contributed by atoms with Gasteiger partial charge in [-0.15, -0.1) is 0 Å². The first kappa shape index (κ1) is 20.6. The van der Waals surface area contributed by atoms with Crippen molar-refractivity contribution in [3.8, 4) is 5.69 Å². The van der Waals surface area contributed by atoms with Crippen molar-refractivity contribution >= 4 is 11.9 Å². The fraction of sp³-hybridized carbons (Fsp3) is 0.450. The molecule has 1 atom stereocenters. The van der Waals surface area contributed by atoms with Crippen LogP contribution < -0.4 is 5.32 Å². The summed E-state index contributed by atoms with van der Waals surface area (Å²) in [7, 11) is 0. The van der Waals surface area contributed by atoms with Gasteiger partial charge >= 0.3 is 5.97 Å². The van der Waals surface area contributed by atoms with Crippen molar-refractivity contribution in [2.45, 2.75) is 40.2 Å². The van der Waals surface area contributed by atoms with Crippen LogP contribution in [0.25, 0.3) is 5.69 Å². The van der Waals surface area contributed by atoms with Crippen LogP contribution in [-0.4, -0.2) is 46.0 Å². The van der Waals surface area contributed by atoms with Crippen LogP contribution in [0.1, 0.15) is 53.6 Å². The summed E-state index contributed by atoms with van der Waals surface area (Å²) < 4.78 is 6.64. The molecule has 146 valence electrons. The molecule has 1 heterocycles. The molecule has 0 radical (unpaired) electrons. The molecule has 7 heteroatoms. The summed E-state index contributed by atoms with van der Waals surface area (Å²) in [6.07, 6.45) is 1.56. The Balaban J connectivity index is 2.05. The first-order valence-corrected chi connectivity index (χ1v) is 9.11. The van der Waals surface area contributed by atoms with Gasteiger partial charge in [0.2, 0.25) is 0 Å². The monoisotopic (exact) mass is 373 g/mol. The average Bonchev–Trinajstić information content (AvgIpc) is 3.01. The molecular formula is C20H27N3O4. The van der Waals surface area contributed by atoms with Gasteiger partial charge in [0.25, 0.3) is 5.91 Å². The predicted octanol–water partition coefficient (Wildman–Crippen LogP) is 2.49. The van der Waals surface area contributed by atoms with Gasteiger partial charge in [-0.1, -0.05) is 13.8 Å².